The number of amides is 1. The third kappa shape index (κ3) is 1.70. The Labute approximate surface area is 94.9 Å². The number of nitrogens with one attached hydrogen (secondary N) is 1. The van der Waals surface area contributed by atoms with Gasteiger partial charge in [0.25, 0.3) is 0 Å². The molecule has 0 unspecified atom stereocenters. The molecule has 0 saturated heterocycles. The quantitative estimate of drug-likeness (QED) is 0.816. The van der Waals surface area contributed by atoms with Crippen LogP contribution in [0.15, 0.2) is 24.3 Å². The molecule has 0 atom stereocenters. The molecule has 1 saturated carbocycles. The fourth-order valence-corrected chi connectivity index (χ4v) is 2.65. The van der Waals surface area contributed by atoms with Crippen LogP contribution in [0.2, 0.25) is 0 Å². The van der Waals surface area contributed by atoms with Gasteiger partial charge in [-0.2, -0.15) is 0 Å². The summed E-state index contributed by atoms with van der Waals surface area (Å²) in [6.45, 7) is 0. The van der Waals surface area contributed by atoms with Gasteiger partial charge in [-0.3, -0.25) is 4.79 Å². The third-order valence-electron chi connectivity index (χ3n) is 3.50. The minimum absolute atomic E-state index is 0.00981. The van der Waals surface area contributed by atoms with Crippen LogP contribution in [-0.4, -0.2) is 13.0 Å². The Balaban J connectivity index is 2.43. The fraction of sp³-hybridized carbons (Fsp3) is 0.462. The molecule has 3 heteroatoms. The summed E-state index contributed by atoms with van der Waals surface area (Å²) >= 11 is 0. The molecule has 16 heavy (non-hydrogen) atoms. The Kier molecular flexibility index (Phi) is 2.95. The molecule has 2 rings (SSSR count). The normalized spacial score (nSPS) is 18.4. The molecule has 0 spiro atoms. The van der Waals surface area contributed by atoms with Crippen molar-refractivity contribution in [1.29, 1.82) is 0 Å². The predicted molar refractivity (Wildman–Crippen MR) is 60.6 cm³/mol. The van der Waals surface area contributed by atoms with Crippen LogP contribution >= 0.6 is 0 Å². The topological polar surface area (TPSA) is 29.1 Å². The van der Waals surface area contributed by atoms with Gasteiger partial charge in [0.15, 0.2) is 0 Å². The fourth-order valence-electron chi connectivity index (χ4n) is 2.65. The van der Waals surface area contributed by atoms with Crippen molar-refractivity contribution in [3.63, 3.8) is 0 Å². The van der Waals surface area contributed by atoms with E-state index in [-0.39, 0.29) is 11.7 Å². The van der Waals surface area contributed by atoms with E-state index in [2.05, 4.69) is 5.32 Å². The molecule has 2 nitrogen and oxygen atoms in total. The molecule has 1 aliphatic carbocycles. The zero-order chi connectivity index (χ0) is 11.6. The van der Waals surface area contributed by atoms with Gasteiger partial charge in [0.2, 0.25) is 5.91 Å². The Morgan fingerprint density at radius 2 is 2.06 bits per heavy atom. The van der Waals surface area contributed by atoms with Crippen LogP contribution in [0.4, 0.5) is 4.39 Å². The smallest absolute Gasteiger partial charge is 0.230 e. The van der Waals surface area contributed by atoms with Gasteiger partial charge in [-0.1, -0.05) is 25.0 Å². The second-order valence-corrected chi connectivity index (χ2v) is 4.38. The summed E-state index contributed by atoms with van der Waals surface area (Å²) < 4.78 is 13.2. The van der Waals surface area contributed by atoms with Gasteiger partial charge < -0.3 is 5.32 Å². The van der Waals surface area contributed by atoms with E-state index in [1.807, 2.05) is 6.07 Å². The lowest BCUT2D eigenvalue weighted by atomic mass is 9.78. The van der Waals surface area contributed by atoms with Gasteiger partial charge in [-0.05, 0) is 30.5 Å². The van der Waals surface area contributed by atoms with E-state index >= 15 is 0 Å². The van der Waals surface area contributed by atoms with Crippen molar-refractivity contribution in [3.05, 3.63) is 35.6 Å². The zero-order valence-corrected chi connectivity index (χ0v) is 9.42. The number of rotatable bonds is 2. The largest absolute Gasteiger partial charge is 0.358 e. The van der Waals surface area contributed by atoms with Crippen LogP contribution < -0.4 is 5.32 Å². The lowest BCUT2D eigenvalue weighted by Gasteiger charge is -2.27. The highest BCUT2D eigenvalue weighted by Crippen LogP contribution is 2.41. The summed E-state index contributed by atoms with van der Waals surface area (Å²) in [5.41, 5.74) is 0.306. The monoisotopic (exact) mass is 221 g/mol. The maximum Gasteiger partial charge on any atom is 0.230 e. The minimum atomic E-state index is -0.503. The van der Waals surface area contributed by atoms with E-state index in [1.54, 1.807) is 13.1 Å². The van der Waals surface area contributed by atoms with E-state index in [0.29, 0.717) is 0 Å². The van der Waals surface area contributed by atoms with E-state index in [0.717, 1.165) is 31.2 Å². The van der Waals surface area contributed by atoms with Crippen LogP contribution in [0.3, 0.4) is 0 Å². The molecule has 1 amide bonds. The van der Waals surface area contributed by atoms with Crippen molar-refractivity contribution < 1.29 is 9.18 Å². The van der Waals surface area contributed by atoms with E-state index in [9.17, 15) is 9.18 Å². The van der Waals surface area contributed by atoms with Gasteiger partial charge in [0, 0.05) is 7.05 Å². The Morgan fingerprint density at radius 1 is 1.38 bits per heavy atom. The van der Waals surface area contributed by atoms with Crippen LogP contribution in [0.1, 0.15) is 31.2 Å². The predicted octanol–water partition coefficient (Wildman–Crippen LogP) is 2.38. The molecular weight excluding hydrogens is 205 g/mol. The van der Waals surface area contributed by atoms with Crippen LogP contribution in [-0.2, 0) is 10.2 Å². The summed E-state index contributed by atoms with van der Waals surface area (Å²) in [7, 11) is 1.64. The molecule has 1 fully saturated rings. The molecule has 86 valence electrons. The van der Waals surface area contributed by atoms with Crippen molar-refractivity contribution in [2.75, 3.05) is 7.05 Å². The maximum absolute atomic E-state index is 13.2. The Hall–Kier alpha value is -1.38. The number of hydrogen-bond acceptors (Lipinski definition) is 1. The number of carbonyl (C=O) groups excluding carboxylic acids is 1. The number of likely N-dealkylation sites (N-methyl/N-ethyl adjacent to an activating group) is 1. The second-order valence-electron chi connectivity index (χ2n) is 4.38. The van der Waals surface area contributed by atoms with Crippen molar-refractivity contribution in [2.45, 2.75) is 31.1 Å². The van der Waals surface area contributed by atoms with Crippen molar-refractivity contribution in [3.8, 4) is 0 Å². The van der Waals surface area contributed by atoms with Crippen LogP contribution in [0.5, 0.6) is 0 Å². The maximum atomic E-state index is 13.2. The first-order chi connectivity index (χ1) is 7.69. The van der Waals surface area contributed by atoms with Gasteiger partial charge in [-0.25, -0.2) is 4.39 Å². The Bertz CT molecular complexity index is 397. The average Bonchev–Trinajstić information content (AvgIpc) is 2.78. The minimum Gasteiger partial charge on any atom is -0.358 e. The summed E-state index contributed by atoms with van der Waals surface area (Å²) in [4.78, 5) is 12.0. The van der Waals surface area contributed by atoms with Crippen LogP contribution in [0.25, 0.3) is 0 Å². The zero-order valence-electron chi connectivity index (χ0n) is 9.42. The molecule has 0 aromatic heterocycles. The van der Waals surface area contributed by atoms with Crippen molar-refractivity contribution in [1.82, 2.24) is 5.32 Å². The number of benzene rings is 1. The standard InChI is InChI=1S/C13H16FNO/c1-15-12(16)13(7-2-3-8-13)10-5-4-6-11(14)9-10/h4-6,9H,2-3,7-8H2,1H3,(H,15,16). The van der Waals surface area contributed by atoms with Gasteiger partial charge >= 0.3 is 0 Å². The molecule has 1 aliphatic rings. The number of halogens is 1. The lowest BCUT2D eigenvalue weighted by Crippen LogP contribution is -2.40. The van der Waals surface area contributed by atoms with E-state index in [4.69, 9.17) is 0 Å². The molecule has 0 bridgehead atoms. The SMILES string of the molecule is CNC(=O)C1(c2cccc(F)c2)CCCC1. The number of carbonyl (C=O) groups is 1. The van der Waals surface area contributed by atoms with Crippen molar-refractivity contribution >= 4 is 5.91 Å². The molecule has 0 aliphatic heterocycles. The second kappa shape index (κ2) is 4.24. The highest BCUT2D eigenvalue weighted by Gasteiger charge is 2.42. The molecule has 1 aromatic rings. The summed E-state index contributed by atoms with van der Waals surface area (Å²) in [6, 6.07) is 6.42. The van der Waals surface area contributed by atoms with Crippen molar-refractivity contribution in [2.24, 2.45) is 0 Å². The first kappa shape index (κ1) is 11.1. The van der Waals surface area contributed by atoms with E-state index in [1.165, 1.54) is 12.1 Å². The van der Waals surface area contributed by atoms with Gasteiger partial charge in [0.1, 0.15) is 5.82 Å². The van der Waals surface area contributed by atoms with Crippen LogP contribution in [0, 0.1) is 5.82 Å². The summed E-state index contributed by atoms with van der Waals surface area (Å²) in [6.07, 6.45) is 3.69. The average molecular weight is 221 g/mol. The number of hydrogen-bond donors (Lipinski definition) is 1. The molecule has 0 radical (unpaired) electrons. The van der Waals surface area contributed by atoms with Gasteiger partial charge in [-0.15, -0.1) is 0 Å². The lowest BCUT2D eigenvalue weighted by molar-refractivity contribution is -0.126. The first-order valence-corrected chi connectivity index (χ1v) is 5.67. The molecule has 1 N–H and O–H groups in total. The molecule has 1 aromatic carbocycles. The van der Waals surface area contributed by atoms with E-state index < -0.39 is 5.41 Å². The summed E-state index contributed by atoms with van der Waals surface area (Å²) in [5.74, 6) is -0.261. The molecule has 0 heterocycles. The highest BCUT2D eigenvalue weighted by atomic mass is 19.1. The van der Waals surface area contributed by atoms with Gasteiger partial charge in [0.05, 0.1) is 5.41 Å². The third-order valence-corrected chi connectivity index (χ3v) is 3.50. The highest BCUT2D eigenvalue weighted by molar-refractivity contribution is 5.88. The summed E-state index contributed by atoms with van der Waals surface area (Å²) in [5, 5.41) is 2.70. The Morgan fingerprint density at radius 3 is 2.62 bits per heavy atom. The first-order valence-electron chi connectivity index (χ1n) is 5.67. The molecular formula is C13H16FNO.